The van der Waals surface area contributed by atoms with Gasteiger partial charge in [-0.25, -0.2) is 4.98 Å². The fraction of sp³-hybridized carbons (Fsp3) is 0.348. The number of piperidine rings is 1. The third-order valence-corrected chi connectivity index (χ3v) is 5.43. The van der Waals surface area contributed by atoms with E-state index < -0.39 is 0 Å². The SMILES string of the molecule is CC.CN1CCC(N=C(NO)c2ccc(-c3cc(Cl)c4cnccc4n3)cc2)CC1. The predicted octanol–water partition coefficient (Wildman–Crippen LogP) is 4.80. The van der Waals surface area contributed by atoms with E-state index in [1.54, 1.807) is 12.4 Å². The average molecular weight is 426 g/mol. The summed E-state index contributed by atoms with van der Waals surface area (Å²) in [6, 6.07) is 11.7. The van der Waals surface area contributed by atoms with Crippen molar-refractivity contribution in [2.75, 3.05) is 20.1 Å². The van der Waals surface area contributed by atoms with E-state index in [1.165, 1.54) is 0 Å². The van der Waals surface area contributed by atoms with Crippen molar-refractivity contribution in [2.45, 2.75) is 32.7 Å². The maximum absolute atomic E-state index is 9.58. The van der Waals surface area contributed by atoms with Gasteiger partial charge in [-0.3, -0.25) is 20.7 Å². The molecule has 1 fully saturated rings. The van der Waals surface area contributed by atoms with Gasteiger partial charge in [-0.1, -0.05) is 49.7 Å². The molecule has 158 valence electrons. The highest BCUT2D eigenvalue weighted by Crippen LogP contribution is 2.27. The molecule has 0 spiro atoms. The maximum atomic E-state index is 9.58. The van der Waals surface area contributed by atoms with Crippen LogP contribution in [-0.4, -0.2) is 52.1 Å². The van der Waals surface area contributed by atoms with Crippen molar-refractivity contribution in [3.8, 4) is 11.3 Å². The van der Waals surface area contributed by atoms with Gasteiger partial charge in [-0.15, -0.1) is 0 Å². The highest BCUT2D eigenvalue weighted by molar-refractivity contribution is 6.35. The summed E-state index contributed by atoms with van der Waals surface area (Å²) < 4.78 is 0. The molecule has 0 saturated carbocycles. The fourth-order valence-corrected chi connectivity index (χ4v) is 3.70. The van der Waals surface area contributed by atoms with Crippen molar-refractivity contribution in [3.63, 3.8) is 0 Å². The number of amidine groups is 1. The summed E-state index contributed by atoms with van der Waals surface area (Å²) in [7, 11) is 2.12. The second kappa shape index (κ2) is 10.5. The van der Waals surface area contributed by atoms with Gasteiger partial charge in [-0.2, -0.15) is 0 Å². The molecular weight excluding hydrogens is 398 g/mol. The molecule has 7 heteroatoms. The fourth-order valence-electron chi connectivity index (χ4n) is 3.45. The van der Waals surface area contributed by atoms with Crippen LogP contribution < -0.4 is 5.48 Å². The Hall–Kier alpha value is -2.54. The van der Waals surface area contributed by atoms with Crippen LogP contribution >= 0.6 is 11.6 Å². The largest absolute Gasteiger partial charge is 0.306 e. The van der Waals surface area contributed by atoms with Crippen LogP contribution in [-0.2, 0) is 0 Å². The molecule has 4 rings (SSSR count). The summed E-state index contributed by atoms with van der Waals surface area (Å²) in [6.45, 7) is 6.05. The van der Waals surface area contributed by atoms with Crippen LogP contribution in [0.2, 0.25) is 5.02 Å². The number of aromatic nitrogens is 2. The first-order valence-electron chi connectivity index (χ1n) is 10.3. The molecule has 0 radical (unpaired) electrons. The molecule has 0 amide bonds. The molecule has 1 aliphatic rings. The standard InChI is InChI=1S/C21H22ClN5O.C2H6/c1-27-10-7-16(8-11-27)24-21(26-28)15-4-2-14(3-5-15)20-12-18(22)17-13-23-9-6-19(17)25-20;1-2/h2-6,9,12-13,16,28H,7-8,10-11H2,1H3,(H,24,26);1-2H3. The maximum Gasteiger partial charge on any atom is 0.152 e. The Morgan fingerprint density at radius 3 is 2.53 bits per heavy atom. The first-order chi connectivity index (χ1) is 14.6. The number of fused-ring (bicyclic) bond motifs is 1. The van der Waals surface area contributed by atoms with Gasteiger partial charge in [0, 0.05) is 28.9 Å². The van der Waals surface area contributed by atoms with Gasteiger partial charge in [0.15, 0.2) is 5.84 Å². The number of aliphatic imine (C=N–C) groups is 1. The van der Waals surface area contributed by atoms with E-state index in [2.05, 4.69) is 27.4 Å². The summed E-state index contributed by atoms with van der Waals surface area (Å²) in [5, 5.41) is 11.0. The van der Waals surface area contributed by atoms with Crippen LogP contribution in [0.5, 0.6) is 0 Å². The molecule has 3 aromatic rings. The number of hydroxylamine groups is 1. The van der Waals surface area contributed by atoms with Crippen molar-refractivity contribution < 1.29 is 5.21 Å². The van der Waals surface area contributed by atoms with Crippen molar-refractivity contribution >= 4 is 28.3 Å². The molecule has 1 aliphatic heterocycles. The number of nitrogens with one attached hydrogen (secondary N) is 1. The number of hydrogen-bond donors (Lipinski definition) is 2. The zero-order chi connectivity index (χ0) is 21.5. The Bertz CT molecular complexity index is 998. The van der Waals surface area contributed by atoms with Gasteiger partial charge in [0.2, 0.25) is 0 Å². The van der Waals surface area contributed by atoms with Gasteiger partial charge in [0.25, 0.3) is 0 Å². The molecule has 0 unspecified atom stereocenters. The van der Waals surface area contributed by atoms with Crippen molar-refractivity contribution in [2.24, 2.45) is 4.99 Å². The lowest BCUT2D eigenvalue weighted by molar-refractivity contribution is 0.230. The molecule has 1 saturated heterocycles. The second-order valence-corrected chi connectivity index (χ2v) is 7.49. The monoisotopic (exact) mass is 425 g/mol. The minimum absolute atomic E-state index is 0.222. The van der Waals surface area contributed by atoms with E-state index in [0.29, 0.717) is 10.9 Å². The lowest BCUT2D eigenvalue weighted by Gasteiger charge is -2.27. The number of benzene rings is 1. The van der Waals surface area contributed by atoms with Crippen LogP contribution in [0.1, 0.15) is 32.3 Å². The van der Waals surface area contributed by atoms with Crippen LogP contribution in [0, 0.1) is 0 Å². The molecule has 2 N–H and O–H groups in total. The van der Waals surface area contributed by atoms with E-state index in [-0.39, 0.29) is 6.04 Å². The van der Waals surface area contributed by atoms with Crippen molar-refractivity contribution in [1.82, 2.24) is 20.3 Å². The van der Waals surface area contributed by atoms with Gasteiger partial charge >= 0.3 is 0 Å². The van der Waals surface area contributed by atoms with E-state index in [1.807, 2.05) is 50.2 Å². The number of hydrogen-bond acceptors (Lipinski definition) is 5. The van der Waals surface area contributed by atoms with Crippen LogP contribution in [0.4, 0.5) is 0 Å². The highest BCUT2D eigenvalue weighted by atomic mass is 35.5. The molecule has 6 nitrogen and oxygen atoms in total. The third kappa shape index (κ3) is 5.14. The molecule has 30 heavy (non-hydrogen) atoms. The molecule has 2 aromatic heterocycles. The van der Waals surface area contributed by atoms with Gasteiger partial charge in [0.05, 0.1) is 22.3 Å². The zero-order valence-corrected chi connectivity index (χ0v) is 18.4. The summed E-state index contributed by atoms with van der Waals surface area (Å²) in [5.74, 6) is 0.497. The molecular formula is C23H28ClN5O. The number of pyridine rings is 2. The van der Waals surface area contributed by atoms with E-state index in [9.17, 15) is 5.21 Å². The number of nitrogens with zero attached hydrogens (tertiary/aromatic N) is 4. The van der Waals surface area contributed by atoms with Crippen molar-refractivity contribution in [3.05, 3.63) is 59.4 Å². The Labute approximate surface area is 182 Å². The normalized spacial score (nSPS) is 15.6. The first-order valence-corrected chi connectivity index (χ1v) is 10.7. The molecule has 0 aliphatic carbocycles. The molecule has 1 aromatic carbocycles. The summed E-state index contributed by atoms with van der Waals surface area (Å²) in [6.07, 6.45) is 5.41. The zero-order valence-electron chi connectivity index (χ0n) is 17.6. The lowest BCUT2D eigenvalue weighted by atomic mass is 10.0. The van der Waals surface area contributed by atoms with Crippen LogP contribution in [0.3, 0.4) is 0 Å². The van der Waals surface area contributed by atoms with Gasteiger partial charge in [-0.05, 0) is 45.1 Å². The summed E-state index contributed by atoms with van der Waals surface area (Å²) in [4.78, 5) is 15.8. The molecule has 0 atom stereocenters. The minimum Gasteiger partial charge on any atom is -0.306 e. The Morgan fingerprint density at radius 1 is 1.17 bits per heavy atom. The average Bonchev–Trinajstić information content (AvgIpc) is 2.80. The Kier molecular flexibility index (Phi) is 7.74. The topological polar surface area (TPSA) is 73.6 Å². The van der Waals surface area contributed by atoms with E-state index in [0.717, 1.165) is 53.7 Å². The highest BCUT2D eigenvalue weighted by Gasteiger charge is 2.17. The van der Waals surface area contributed by atoms with E-state index in [4.69, 9.17) is 16.6 Å². The Morgan fingerprint density at radius 2 is 1.87 bits per heavy atom. The smallest absolute Gasteiger partial charge is 0.152 e. The second-order valence-electron chi connectivity index (χ2n) is 7.08. The first kappa shape index (κ1) is 22.2. The van der Waals surface area contributed by atoms with Crippen molar-refractivity contribution in [1.29, 1.82) is 0 Å². The number of rotatable bonds is 3. The van der Waals surface area contributed by atoms with Gasteiger partial charge < -0.3 is 4.90 Å². The summed E-state index contributed by atoms with van der Waals surface area (Å²) >= 11 is 6.39. The predicted molar refractivity (Wildman–Crippen MR) is 123 cm³/mol. The van der Waals surface area contributed by atoms with Crippen LogP contribution in [0.25, 0.3) is 22.2 Å². The van der Waals surface area contributed by atoms with Crippen LogP contribution in [0.15, 0.2) is 53.8 Å². The molecule has 0 bridgehead atoms. The Balaban J connectivity index is 0.00000124. The molecule has 3 heterocycles. The minimum atomic E-state index is 0.222. The summed E-state index contributed by atoms with van der Waals surface area (Å²) in [5.41, 5.74) is 5.64. The lowest BCUT2D eigenvalue weighted by Crippen LogP contribution is -2.33. The quantitative estimate of drug-likeness (QED) is 0.358. The number of likely N-dealkylation sites (tertiary alicyclic amines) is 1. The third-order valence-electron chi connectivity index (χ3n) is 5.12. The number of halogens is 1. The van der Waals surface area contributed by atoms with E-state index >= 15 is 0 Å². The van der Waals surface area contributed by atoms with Gasteiger partial charge in [0.1, 0.15) is 0 Å².